The van der Waals surface area contributed by atoms with Gasteiger partial charge >= 0.3 is 12.0 Å². The van der Waals surface area contributed by atoms with Gasteiger partial charge in [-0.15, -0.1) is 12.3 Å². The van der Waals surface area contributed by atoms with Crippen LogP contribution in [0.2, 0.25) is 0 Å². The van der Waals surface area contributed by atoms with E-state index in [1.54, 1.807) is 6.92 Å². The van der Waals surface area contributed by atoms with E-state index < -0.39 is 18.0 Å². The van der Waals surface area contributed by atoms with Crippen LogP contribution in [0.15, 0.2) is 0 Å². The predicted molar refractivity (Wildman–Crippen MR) is 65.5 cm³/mol. The number of carboxylic acid groups (broad SMARTS) is 1. The summed E-state index contributed by atoms with van der Waals surface area (Å²) >= 11 is 0. The zero-order valence-electron chi connectivity index (χ0n) is 10.6. The summed E-state index contributed by atoms with van der Waals surface area (Å²) in [5, 5.41) is 11.7. The number of carboxylic acids is 1. The molecule has 96 valence electrons. The molecule has 0 aromatic rings. The zero-order chi connectivity index (χ0) is 13.4. The highest BCUT2D eigenvalue weighted by Gasteiger charge is 2.25. The van der Waals surface area contributed by atoms with Crippen LogP contribution in [0.4, 0.5) is 4.79 Å². The fourth-order valence-electron chi connectivity index (χ4n) is 1.47. The molecule has 0 aliphatic rings. The number of terminal acetylenes is 1. The Labute approximate surface area is 102 Å². The molecule has 2 N–H and O–H groups in total. The number of nitrogens with zero attached hydrogens (tertiary/aromatic N) is 1. The summed E-state index contributed by atoms with van der Waals surface area (Å²) in [4.78, 5) is 23.9. The van der Waals surface area contributed by atoms with Crippen molar-refractivity contribution in [2.24, 2.45) is 0 Å². The lowest BCUT2D eigenvalue weighted by molar-refractivity contribution is -0.141. The van der Waals surface area contributed by atoms with Gasteiger partial charge in [-0.2, -0.15) is 0 Å². The largest absolute Gasteiger partial charge is 0.480 e. The third-order valence-corrected chi connectivity index (χ3v) is 2.64. The van der Waals surface area contributed by atoms with Crippen LogP contribution in [0.5, 0.6) is 0 Å². The van der Waals surface area contributed by atoms with Crippen molar-refractivity contribution in [2.75, 3.05) is 7.05 Å². The summed E-state index contributed by atoms with van der Waals surface area (Å²) in [5.74, 6) is 1.47. The molecule has 2 amide bonds. The molecule has 0 aromatic heterocycles. The zero-order valence-corrected chi connectivity index (χ0v) is 10.6. The lowest BCUT2D eigenvalue weighted by Crippen LogP contribution is -2.49. The fraction of sp³-hybridized carbons (Fsp3) is 0.667. The predicted octanol–water partition coefficient (Wildman–Crippen LogP) is 1.29. The van der Waals surface area contributed by atoms with Crippen LogP contribution >= 0.6 is 0 Å². The first kappa shape index (κ1) is 15.3. The maximum atomic E-state index is 11.8. The molecule has 17 heavy (non-hydrogen) atoms. The third-order valence-electron chi connectivity index (χ3n) is 2.64. The van der Waals surface area contributed by atoms with Crippen molar-refractivity contribution >= 4 is 12.0 Å². The maximum Gasteiger partial charge on any atom is 0.326 e. The topological polar surface area (TPSA) is 69.6 Å². The number of rotatable bonds is 6. The summed E-state index contributed by atoms with van der Waals surface area (Å²) in [6.45, 7) is 3.64. The number of nitrogens with one attached hydrogen (secondary N) is 1. The van der Waals surface area contributed by atoms with E-state index in [1.807, 2.05) is 6.92 Å². The summed E-state index contributed by atoms with van der Waals surface area (Å²) in [6.07, 6.45) is 6.71. The van der Waals surface area contributed by atoms with E-state index >= 15 is 0 Å². The van der Waals surface area contributed by atoms with Crippen LogP contribution in [0.3, 0.4) is 0 Å². The second-order valence-corrected chi connectivity index (χ2v) is 3.84. The van der Waals surface area contributed by atoms with E-state index in [0.717, 1.165) is 0 Å². The molecule has 0 rings (SSSR count). The van der Waals surface area contributed by atoms with Crippen LogP contribution in [0.1, 0.15) is 33.1 Å². The lowest BCUT2D eigenvalue weighted by atomic mass is 10.1. The van der Waals surface area contributed by atoms with Crippen LogP contribution in [-0.2, 0) is 4.79 Å². The van der Waals surface area contributed by atoms with E-state index in [4.69, 9.17) is 11.5 Å². The third kappa shape index (κ3) is 4.77. The van der Waals surface area contributed by atoms with E-state index in [1.165, 1.54) is 11.9 Å². The summed E-state index contributed by atoms with van der Waals surface area (Å²) in [6, 6.07) is -1.32. The van der Waals surface area contributed by atoms with Gasteiger partial charge < -0.3 is 15.3 Å². The molecule has 0 aliphatic carbocycles. The van der Waals surface area contributed by atoms with Gasteiger partial charge in [0.15, 0.2) is 0 Å². The first-order valence-electron chi connectivity index (χ1n) is 5.67. The van der Waals surface area contributed by atoms with Gasteiger partial charge in [0.25, 0.3) is 0 Å². The number of carbonyl (C=O) groups excluding carboxylic acids is 1. The molecular weight excluding hydrogens is 220 g/mol. The van der Waals surface area contributed by atoms with Gasteiger partial charge in [0.05, 0.1) is 0 Å². The molecule has 5 heteroatoms. The Hall–Kier alpha value is -1.70. The van der Waals surface area contributed by atoms with Gasteiger partial charge in [0.2, 0.25) is 0 Å². The van der Waals surface area contributed by atoms with Crippen LogP contribution in [0.25, 0.3) is 0 Å². The Morgan fingerprint density at radius 2 is 2.00 bits per heavy atom. The second kappa shape index (κ2) is 7.55. The molecule has 5 nitrogen and oxygen atoms in total. The molecule has 0 spiro atoms. The van der Waals surface area contributed by atoms with Crippen LogP contribution in [0, 0.1) is 12.3 Å². The van der Waals surface area contributed by atoms with Crippen molar-refractivity contribution < 1.29 is 14.7 Å². The maximum absolute atomic E-state index is 11.8. The number of hydrogen-bond donors (Lipinski definition) is 2. The van der Waals surface area contributed by atoms with Crippen molar-refractivity contribution in [1.29, 1.82) is 0 Å². The highest BCUT2D eigenvalue weighted by molar-refractivity contribution is 5.82. The SMILES string of the molecule is C#CCC(CC)NC(=O)N(C)C(CC)C(=O)O. The van der Waals surface area contributed by atoms with Gasteiger partial charge in [-0.1, -0.05) is 13.8 Å². The number of hydrogen-bond acceptors (Lipinski definition) is 2. The highest BCUT2D eigenvalue weighted by Crippen LogP contribution is 2.04. The molecule has 0 heterocycles. The second-order valence-electron chi connectivity index (χ2n) is 3.84. The molecular formula is C12H20N2O3. The fourth-order valence-corrected chi connectivity index (χ4v) is 1.47. The summed E-state index contributed by atoms with van der Waals surface area (Å²) in [5.41, 5.74) is 0. The van der Waals surface area contributed by atoms with Crippen LogP contribution in [-0.4, -0.2) is 41.1 Å². The number of carbonyl (C=O) groups is 2. The summed E-state index contributed by atoms with van der Waals surface area (Å²) in [7, 11) is 1.47. The molecule has 0 aromatic carbocycles. The quantitative estimate of drug-likeness (QED) is 0.687. The molecule has 2 unspecified atom stereocenters. The number of urea groups is 1. The Morgan fingerprint density at radius 1 is 1.41 bits per heavy atom. The minimum Gasteiger partial charge on any atom is -0.480 e. The van der Waals surface area contributed by atoms with Crippen molar-refractivity contribution in [1.82, 2.24) is 10.2 Å². The van der Waals surface area contributed by atoms with E-state index in [0.29, 0.717) is 19.3 Å². The molecule has 0 saturated heterocycles. The standard InChI is InChI=1S/C12H20N2O3/c1-5-8-9(6-2)13-12(17)14(4)10(7-3)11(15)16/h1,9-10H,6-8H2,2-4H3,(H,13,17)(H,15,16). The average Bonchev–Trinajstić information content (AvgIpc) is 2.28. The van der Waals surface area contributed by atoms with E-state index in [2.05, 4.69) is 11.2 Å². The van der Waals surface area contributed by atoms with Crippen molar-refractivity contribution in [3.8, 4) is 12.3 Å². The minimum absolute atomic E-state index is 0.110. The van der Waals surface area contributed by atoms with Gasteiger partial charge in [-0.25, -0.2) is 9.59 Å². The molecule has 0 saturated carbocycles. The smallest absolute Gasteiger partial charge is 0.326 e. The molecule has 0 aliphatic heterocycles. The number of amides is 2. The Morgan fingerprint density at radius 3 is 2.35 bits per heavy atom. The van der Waals surface area contributed by atoms with Crippen molar-refractivity contribution in [3.05, 3.63) is 0 Å². The number of likely N-dealkylation sites (N-methyl/N-ethyl adjacent to an activating group) is 1. The normalized spacial score (nSPS) is 13.3. The van der Waals surface area contributed by atoms with E-state index in [-0.39, 0.29) is 6.04 Å². The van der Waals surface area contributed by atoms with Crippen molar-refractivity contribution in [2.45, 2.75) is 45.2 Å². The van der Waals surface area contributed by atoms with Crippen LogP contribution < -0.4 is 5.32 Å². The lowest BCUT2D eigenvalue weighted by Gasteiger charge is -2.26. The first-order chi connectivity index (χ1) is 7.97. The Bertz CT molecular complexity index is 309. The van der Waals surface area contributed by atoms with Gasteiger partial charge in [-0.05, 0) is 12.8 Å². The summed E-state index contributed by atoms with van der Waals surface area (Å²) < 4.78 is 0. The Balaban J connectivity index is 4.49. The average molecular weight is 240 g/mol. The molecule has 0 bridgehead atoms. The van der Waals surface area contributed by atoms with Gasteiger partial charge in [0, 0.05) is 19.5 Å². The van der Waals surface area contributed by atoms with Gasteiger partial charge in [-0.3, -0.25) is 0 Å². The van der Waals surface area contributed by atoms with Gasteiger partial charge in [0.1, 0.15) is 6.04 Å². The van der Waals surface area contributed by atoms with E-state index in [9.17, 15) is 9.59 Å². The molecule has 0 fully saturated rings. The minimum atomic E-state index is -1.00. The molecule has 2 atom stereocenters. The van der Waals surface area contributed by atoms with Crippen molar-refractivity contribution in [3.63, 3.8) is 0 Å². The number of aliphatic carboxylic acids is 1. The molecule has 0 radical (unpaired) electrons. The Kier molecular flexibility index (Phi) is 6.80. The first-order valence-corrected chi connectivity index (χ1v) is 5.67. The highest BCUT2D eigenvalue weighted by atomic mass is 16.4. The monoisotopic (exact) mass is 240 g/mol.